The predicted molar refractivity (Wildman–Crippen MR) is 105 cm³/mol. The molecule has 2 N–H and O–H groups in total. The highest BCUT2D eigenvalue weighted by Crippen LogP contribution is 2.18. The highest BCUT2D eigenvalue weighted by atomic mass is 16.6. The SMILES string of the molecule is CCOC(=O)C(NC(=O)C1CCCN(C(=O)Nc2ccccc2)C1)C(=O)OCC. The minimum atomic E-state index is -1.52. The van der Waals surface area contributed by atoms with Crippen LogP contribution in [0.5, 0.6) is 0 Å². The largest absolute Gasteiger partial charge is 0.464 e. The molecule has 9 heteroatoms. The molecule has 0 aliphatic carbocycles. The number of hydrogen-bond acceptors (Lipinski definition) is 6. The molecule has 0 spiro atoms. The van der Waals surface area contributed by atoms with Gasteiger partial charge in [0.1, 0.15) is 0 Å². The number of para-hydroxylation sites is 1. The van der Waals surface area contributed by atoms with Crippen LogP contribution >= 0.6 is 0 Å². The van der Waals surface area contributed by atoms with E-state index < -0.39 is 29.8 Å². The van der Waals surface area contributed by atoms with E-state index in [1.807, 2.05) is 18.2 Å². The van der Waals surface area contributed by atoms with Crippen LogP contribution in [0.25, 0.3) is 0 Å². The van der Waals surface area contributed by atoms with Crippen molar-refractivity contribution < 1.29 is 28.7 Å². The van der Waals surface area contributed by atoms with Gasteiger partial charge in [0, 0.05) is 18.8 Å². The summed E-state index contributed by atoms with van der Waals surface area (Å²) in [6.07, 6.45) is 1.17. The average Bonchev–Trinajstić information content (AvgIpc) is 2.73. The van der Waals surface area contributed by atoms with Gasteiger partial charge >= 0.3 is 18.0 Å². The molecule has 1 fully saturated rings. The summed E-state index contributed by atoms with van der Waals surface area (Å²) in [5.41, 5.74) is 0.661. The molecule has 29 heavy (non-hydrogen) atoms. The molecule has 0 aromatic heterocycles. The van der Waals surface area contributed by atoms with Gasteiger partial charge in [0.05, 0.1) is 19.1 Å². The average molecular weight is 405 g/mol. The molecular weight excluding hydrogens is 378 g/mol. The van der Waals surface area contributed by atoms with Gasteiger partial charge in [-0.25, -0.2) is 14.4 Å². The summed E-state index contributed by atoms with van der Waals surface area (Å²) in [6, 6.07) is 7.20. The quantitative estimate of drug-likeness (QED) is 0.525. The molecule has 1 heterocycles. The summed E-state index contributed by atoms with van der Waals surface area (Å²) in [6.45, 7) is 4.05. The monoisotopic (exact) mass is 405 g/mol. The fraction of sp³-hybridized carbons (Fsp3) is 0.500. The second-order valence-corrected chi connectivity index (χ2v) is 6.53. The Bertz CT molecular complexity index is 706. The maximum absolute atomic E-state index is 12.7. The summed E-state index contributed by atoms with van der Waals surface area (Å²) in [7, 11) is 0. The lowest BCUT2D eigenvalue weighted by Gasteiger charge is -2.32. The third-order valence-electron chi connectivity index (χ3n) is 4.44. The summed E-state index contributed by atoms with van der Waals surface area (Å²) in [4.78, 5) is 50.8. The van der Waals surface area contributed by atoms with E-state index in [1.54, 1.807) is 30.9 Å². The van der Waals surface area contributed by atoms with Crippen molar-refractivity contribution in [3.63, 3.8) is 0 Å². The molecule has 1 atom stereocenters. The zero-order chi connectivity index (χ0) is 21.2. The first-order valence-corrected chi connectivity index (χ1v) is 9.70. The van der Waals surface area contributed by atoms with Gasteiger partial charge in [-0.3, -0.25) is 4.79 Å². The molecule has 1 aliphatic rings. The Morgan fingerprint density at radius 3 is 2.28 bits per heavy atom. The maximum Gasteiger partial charge on any atom is 0.340 e. The van der Waals surface area contributed by atoms with Crippen molar-refractivity contribution in [2.45, 2.75) is 32.7 Å². The predicted octanol–water partition coefficient (Wildman–Crippen LogP) is 1.54. The summed E-state index contributed by atoms with van der Waals surface area (Å²) < 4.78 is 9.71. The van der Waals surface area contributed by atoms with Crippen molar-refractivity contribution in [1.82, 2.24) is 10.2 Å². The van der Waals surface area contributed by atoms with Crippen LogP contribution in [-0.2, 0) is 23.9 Å². The highest BCUT2D eigenvalue weighted by molar-refractivity contribution is 6.02. The fourth-order valence-electron chi connectivity index (χ4n) is 3.03. The standard InChI is InChI=1S/C20H27N3O6/c1-3-28-18(25)16(19(26)29-4-2)22-17(24)14-9-8-12-23(13-14)20(27)21-15-10-6-5-7-11-15/h5-7,10-11,14,16H,3-4,8-9,12-13H2,1-2H3,(H,21,27)(H,22,24). The van der Waals surface area contributed by atoms with Crippen molar-refractivity contribution in [3.8, 4) is 0 Å². The molecule has 0 radical (unpaired) electrons. The van der Waals surface area contributed by atoms with Gasteiger partial charge in [-0.2, -0.15) is 0 Å². The van der Waals surface area contributed by atoms with E-state index in [0.717, 1.165) is 0 Å². The number of anilines is 1. The van der Waals surface area contributed by atoms with Crippen LogP contribution in [0, 0.1) is 5.92 Å². The number of piperidine rings is 1. The zero-order valence-electron chi connectivity index (χ0n) is 16.7. The van der Waals surface area contributed by atoms with E-state index in [1.165, 1.54) is 0 Å². The minimum absolute atomic E-state index is 0.0709. The third kappa shape index (κ3) is 6.48. The summed E-state index contributed by atoms with van der Waals surface area (Å²) >= 11 is 0. The van der Waals surface area contributed by atoms with E-state index in [0.29, 0.717) is 25.1 Å². The highest BCUT2D eigenvalue weighted by Gasteiger charge is 2.35. The molecule has 3 amide bonds. The number of carbonyl (C=O) groups excluding carboxylic acids is 4. The Balaban J connectivity index is 1.98. The third-order valence-corrected chi connectivity index (χ3v) is 4.44. The van der Waals surface area contributed by atoms with Crippen LogP contribution in [0.1, 0.15) is 26.7 Å². The van der Waals surface area contributed by atoms with Gasteiger partial charge in [0.15, 0.2) is 0 Å². The smallest absolute Gasteiger partial charge is 0.340 e. The second-order valence-electron chi connectivity index (χ2n) is 6.53. The number of carbonyl (C=O) groups is 4. The van der Waals surface area contributed by atoms with E-state index in [4.69, 9.17) is 9.47 Å². The first kappa shape index (κ1) is 22.2. The minimum Gasteiger partial charge on any atom is -0.464 e. The molecule has 2 rings (SSSR count). The Kier molecular flexibility index (Phi) is 8.45. The zero-order valence-corrected chi connectivity index (χ0v) is 16.7. The van der Waals surface area contributed by atoms with Gasteiger partial charge in [0.25, 0.3) is 0 Å². The van der Waals surface area contributed by atoms with E-state index in [2.05, 4.69) is 10.6 Å². The number of likely N-dealkylation sites (tertiary alicyclic amines) is 1. The molecule has 9 nitrogen and oxygen atoms in total. The van der Waals surface area contributed by atoms with E-state index in [9.17, 15) is 19.2 Å². The number of benzene rings is 1. The number of rotatable bonds is 7. The number of ether oxygens (including phenoxy) is 2. The molecule has 0 saturated carbocycles. The number of urea groups is 1. The van der Waals surface area contributed by atoms with Gasteiger partial charge in [-0.05, 0) is 38.8 Å². The van der Waals surface area contributed by atoms with Gasteiger partial charge in [-0.1, -0.05) is 18.2 Å². The Hall–Kier alpha value is -3.10. The van der Waals surface area contributed by atoms with Crippen LogP contribution in [0.4, 0.5) is 10.5 Å². The Labute approximate surface area is 169 Å². The fourth-order valence-corrected chi connectivity index (χ4v) is 3.03. The summed E-state index contributed by atoms with van der Waals surface area (Å²) in [5.74, 6) is -2.77. The first-order valence-electron chi connectivity index (χ1n) is 9.70. The molecule has 0 bridgehead atoms. The number of esters is 2. The molecule has 158 valence electrons. The number of amides is 3. The van der Waals surface area contributed by atoms with Crippen molar-refractivity contribution in [2.75, 3.05) is 31.6 Å². The van der Waals surface area contributed by atoms with Crippen molar-refractivity contribution in [1.29, 1.82) is 0 Å². The molecule has 1 aliphatic heterocycles. The number of hydrogen-bond donors (Lipinski definition) is 2. The van der Waals surface area contributed by atoms with E-state index in [-0.39, 0.29) is 25.8 Å². The lowest BCUT2D eigenvalue weighted by atomic mass is 9.97. The molecule has 1 unspecified atom stereocenters. The molecule has 1 aromatic rings. The first-order chi connectivity index (χ1) is 14.0. The molecule has 1 saturated heterocycles. The van der Waals surface area contributed by atoms with Gasteiger partial charge in [-0.15, -0.1) is 0 Å². The van der Waals surface area contributed by atoms with Crippen LogP contribution in [0.3, 0.4) is 0 Å². The topological polar surface area (TPSA) is 114 Å². The van der Waals surface area contributed by atoms with Crippen molar-refractivity contribution in [2.24, 2.45) is 5.92 Å². The van der Waals surface area contributed by atoms with Gasteiger partial charge in [0.2, 0.25) is 11.9 Å². The molecule has 1 aromatic carbocycles. The number of nitrogens with zero attached hydrogens (tertiary/aromatic N) is 1. The lowest BCUT2D eigenvalue weighted by Crippen LogP contribution is -2.53. The van der Waals surface area contributed by atoms with Crippen molar-refractivity contribution >= 4 is 29.6 Å². The second kappa shape index (κ2) is 11.0. The van der Waals surface area contributed by atoms with E-state index >= 15 is 0 Å². The Morgan fingerprint density at radius 2 is 1.69 bits per heavy atom. The van der Waals surface area contributed by atoms with Crippen LogP contribution in [-0.4, -0.2) is 61.1 Å². The van der Waals surface area contributed by atoms with Crippen LogP contribution in [0.15, 0.2) is 30.3 Å². The number of nitrogens with one attached hydrogen (secondary N) is 2. The van der Waals surface area contributed by atoms with Gasteiger partial charge < -0.3 is 25.0 Å². The maximum atomic E-state index is 12.7. The lowest BCUT2D eigenvalue weighted by molar-refractivity contribution is -0.160. The molecular formula is C20H27N3O6. The normalized spacial score (nSPS) is 16.1. The van der Waals surface area contributed by atoms with Crippen LogP contribution < -0.4 is 10.6 Å². The van der Waals surface area contributed by atoms with Crippen LogP contribution in [0.2, 0.25) is 0 Å². The Morgan fingerprint density at radius 1 is 1.07 bits per heavy atom. The van der Waals surface area contributed by atoms with Crippen molar-refractivity contribution in [3.05, 3.63) is 30.3 Å². The summed E-state index contributed by atoms with van der Waals surface area (Å²) in [5, 5.41) is 5.21.